The van der Waals surface area contributed by atoms with Crippen LogP contribution in [0, 0.1) is 13.8 Å². The van der Waals surface area contributed by atoms with Crippen LogP contribution in [0.4, 0.5) is 10.8 Å². The van der Waals surface area contributed by atoms with E-state index in [2.05, 4.69) is 25.6 Å². The van der Waals surface area contributed by atoms with E-state index >= 15 is 0 Å². The summed E-state index contributed by atoms with van der Waals surface area (Å²) in [6.45, 7) is 3.73. The number of nitrogens with zero attached hydrogens (tertiary/aromatic N) is 1. The van der Waals surface area contributed by atoms with Crippen molar-refractivity contribution in [2.45, 2.75) is 18.7 Å². The molecule has 0 aliphatic rings. The van der Waals surface area contributed by atoms with Gasteiger partial charge in [0.15, 0.2) is 5.13 Å². The third-order valence-electron chi connectivity index (χ3n) is 2.53. The Morgan fingerprint density at radius 1 is 1.37 bits per heavy atom. The van der Waals surface area contributed by atoms with Gasteiger partial charge in [0, 0.05) is 15.0 Å². The van der Waals surface area contributed by atoms with Gasteiger partial charge in [0.25, 0.3) is 10.0 Å². The number of hydrogen-bond donors (Lipinski definition) is 2. The van der Waals surface area contributed by atoms with E-state index in [9.17, 15) is 8.42 Å². The standard InChI is InChI=1S/C11H12BrN3O2S2/c1-6-7(2)18-11(14-6)15-19(16,17)8-3-4-10(13)9(12)5-8/h3-5H,13H2,1-2H3,(H,14,15). The van der Waals surface area contributed by atoms with Crippen molar-refractivity contribution in [3.63, 3.8) is 0 Å². The number of aryl methyl sites for hydroxylation is 2. The predicted molar refractivity (Wildman–Crippen MR) is 81.0 cm³/mol. The smallest absolute Gasteiger partial charge is 0.263 e. The first kappa shape index (κ1) is 14.3. The average molecular weight is 362 g/mol. The van der Waals surface area contributed by atoms with E-state index in [0.717, 1.165) is 10.6 Å². The van der Waals surface area contributed by atoms with Gasteiger partial charge in [-0.2, -0.15) is 0 Å². The van der Waals surface area contributed by atoms with E-state index in [0.29, 0.717) is 15.3 Å². The first-order chi connectivity index (χ1) is 8.79. The molecule has 0 saturated heterocycles. The van der Waals surface area contributed by atoms with Gasteiger partial charge in [-0.25, -0.2) is 13.4 Å². The molecule has 1 aromatic heterocycles. The molecule has 5 nitrogen and oxygen atoms in total. The maximum atomic E-state index is 12.2. The number of nitrogens with one attached hydrogen (secondary N) is 1. The Labute approximate surface area is 124 Å². The molecule has 0 amide bonds. The molecule has 0 saturated carbocycles. The highest BCUT2D eigenvalue weighted by Gasteiger charge is 2.17. The molecule has 8 heteroatoms. The fraction of sp³-hybridized carbons (Fsp3) is 0.182. The summed E-state index contributed by atoms with van der Waals surface area (Å²) in [5.41, 5.74) is 6.94. The minimum atomic E-state index is -3.64. The lowest BCUT2D eigenvalue weighted by Gasteiger charge is -2.06. The van der Waals surface area contributed by atoms with Crippen molar-refractivity contribution in [2.24, 2.45) is 0 Å². The fourth-order valence-electron chi connectivity index (χ4n) is 1.37. The second-order valence-corrected chi connectivity index (χ2v) is 7.69. The molecule has 0 aliphatic carbocycles. The normalized spacial score (nSPS) is 11.5. The molecule has 2 rings (SSSR count). The third kappa shape index (κ3) is 3.07. The topological polar surface area (TPSA) is 85.1 Å². The summed E-state index contributed by atoms with van der Waals surface area (Å²) >= 11 is 4.51. The Balaban J connectivity index is 2.34. The molecule has 0 spiro atoms. The Morgan fingerprint density at radius 3 is 2.58 bits per heavy atom. The summed E-state index contributed by atoms with van der Waals surface area (Å²) in [4.78, 5) is 5.27. The molecule has 102 valence electrons. The molecule has 0 radical (unpaired) electrons. The number of thiazole rings is 1. The monoisotopic (exact) mass is 361 g/mol. The molecule has 3 N–H and O–H groups in total. The molecule has 0 atom stereocenters. The summed E-state index contributed by atoms with van der Waals surface area (Å²) < 4.78 is 27.4. The lowest BCUT2D eigenvalue weighted by Crippen LogP contribution is -2.13. The van der Waals surface area contributed by atoms with E-state index in [4.69, 9.17) is 5.73 Å². The maximum Gasteiger partial charge on any atom is 0.263 e. The zero-order chi connectivity index (χ0) is 14.2. The summed E-state index contributed by atoms with van der Waals surface area (Å²) in [5.74, 6) is 0. The Morgan fingerprint density at radius 2 is 2.05 bits per heavy atom. The number of rotatable bonds is 3. The number of nitrogens with two attached hydrogens (primary N) is 1. The molecule has 0 bridgehead atoms. The summed E-state index contributed by atoms with van der Waals surface area (Å²) in [7, 11) is -3.64. The molecule has 1 heterocycles. The lowest BCUT2D eigenvalue weighted by atomic mass is 10.3. The molecule has 0 fully saturated rings. The zero-order valence-corrected chi connectivity index (χ0v) is 13.5. The van der Waals surface area contributed by atoms with Crippen LogP contribution in [-0.4, -0.2) is 13.4 Å². The quantitative estimate of drug-likeness (QED) is 0.823. The Hall–Kier alpha value is -1.12. The highest BCUT2D eigenvalue weighted by Crippen LogP contribution is 2.27. The molecule has 0 aliphatic heterocycles. The van der Waals surface area contributed by atoms with E-state index in [-0.39, 0.29) is 4.90 Å². The number of nitrogen functional groups attached to an aromatic ring is 1. The van der Waals surface area contributed by atoms with Gasteiger partial charge in [-0.3, -0.25) is 4.72 Å². The molecule has 1 aromatic carbocycles. The van der Waals surface area contributed by atoms with Gasteiger partial charge < -0.3 is 5.73 Å². The van der Waals surface area contributed by atoms with Gasteiger partial charge in [-0.15, -0.1) is 11.3 Å². The van der Waals surface area contributed by atoms with Crippen molar-refractivity contribution in [1.82, 2.24) is 4.98 Å². The van der Waals surface area contributed by atoms with Crippen LogP contribution in [0.25, 0.3) is 0 Å². The van der Waals surface area contributed by atoms with E-state index in [1.54, 1.807) is 0 Å². The van der Waals surface area contributed by atoms with Crippen molar-refractivity contribution < 1.29 is 8.42 Å². The van der Waals surface area contributed by atoms with Crippen molar-refractivity contribution in [3.8, 4) is 0 Å². The van der Waals surface area contributed by atoms with Crippen LogP contribution in [0.5, 0.6) is 0 Å². The minimum absolute atomic E-state index is 0.138. The Kier molecular flexibility index (Phi) is 3.84. The average Bonchev–Trinajstić information content (AvgIpc) is 2.60. The van der Waals surface area contributed by atoms with Crippen LogP contribution >= 0.6 is 27.3 Å². The Bertz CT molecular complexity index is 706. The molecular formula is C11H12BrN3O2S2. The fourth-order valence-corrected chi connectivity index (χ4v) is 3.97. The third-order valence-corrected chi connectivity index (χ3v) is 5.67. The SMILES string of the molecule is Cc1nc(NS(=O)(=O)c2ccc(N)c(Br)c2)sc1C. The summed E-state index contributed by atoms with van der Waals surface area (Å²) in [6.07, 6.45) is 0. The summed E-state index contributed by atoms with van der Waals surface area (Å²) in [5, 5.41) is 0.364. The number of aromatic nitrogens is 1. The van der Waals surface area contributed by atoms with Gasteiger partial charge in [-0.1, -0.05) is 0 Å². The maximum absolute atomic E-state index is 12.2. The van der Waals surface area contributed by atoms with Crippen molar-refractivity contribution in [2.75, 3.05) is 10.5 Å². The van der Waals surface area contributed by atoms with Crippen LogP contribution in [0.3, 0.4) is 0 Å². The second-order valence-electron chi connectivity index (χ2n) is 3.95. The molecule has 19 heavy (non-hydrogen) atoms. The summed E-state index contributed by atoms with van der Waals surface area (Å²) in [6, 6.07) is 4.46. The first-order valence-electron chi connectivity index (χ1n) is 5.31. The van der Waals surface area contributed by atoms with Crippen LogP contribution < -0.4 is 10.5 Å². The number of benzene rings is 1. The van der Waals surface area contributed by atoms with E-state index in [1.807, 2.05) is 13.8 Å². The van der Waals surface area contributed by atoms with Gasteiger partial charge >= 0.3 is 0 Å². The molecular weight excluding hydrogens is 350 g/mol. The van der Waals surface area contributed by atoms with E-state index < -0.39 is 10.0 Å². The van der Waals surface area contributed by atoms with Crippen molar-refractivity contribution in [1.29, 1.82) is 0 Å². The van der Waals surface area contributed by atoms with Gasteiger partial charge in [0.05, 0.1) is 10.6 Å². The number of hydrogen-bond acceptors (Lipinski definition) is 5. The number of sulfonamides is 1. The molecule has 0 unspecified atom stereocenters. The van der Waals surface area contributed by atoms with Gasteiger partial charge in [0.1, 0.15) is 0 Å². The van der Waals surface area contributed by atoms with Gasteiger partial charge in [-0.05, 0) is 48.0 Å². The van der Waals surface area contributed by atoms with Crippen LogP contribution in [0.2, 0.25) is 0 Å². The van der Waals surface area contributed by atoms with Crippen molar-refractivity contribution >= 4 is 48.1 Å². The largest absolute Gasteiger partial charge is 0.398 e. The first-order valence-corrected chi connectivity index (χ1v) is 8.41. The van der Waals surface area contributed by atoms with Crippen LogP contribution in [0.15, 0.2) is 27.6 Å². The van der Waals surface area contributed by atoms with Gasteiger partial charge in [0.2, 0.25) is 0 Å². The number of halogens is 1. The van der Waals surface area contributed by atoms with E-state index in [1.165, 1.54) is 29.5 Å². The zero-order valence-electron chi connectivity index (χ0n) is 10.3. The number of anilines is 2. The highest BCUT2D eigenvalue weighted by atomic mass is 79.9. The minimum Gasteiger partial charge on any atom is -0.398 e. The van der Waals surface area contributed by atoms with Crippen LogP contribution in [0.1, 0.15) is 10.6 Å². The molecule has 2 aromatic rings. The van der Waals surface area contributed by atoms with Crippen LogP contribution in [-0.2, 0) is 10.0 Å². The predicted octanol–water partition coefficient (Wildman–Crippen LogP) is 2.91. The lowest BCUT2D eigenvalue weighted by molar-refractivity contribution is 0.601. The van der Waals surface area contributed by atoms with Crippen molar-refractivity contribution in [3.05, 3.63) is 33.2 Å². The highest BCUT2D eigenvalue weighted by molar-refractivity contribution is 9.10. The second kappa shape index (κ2) is 5.10.